The molecular formula is C41H36FN5O4. The number of carbonyl (C=O) groups is 1. The van der Waals surface area contributed by atoms with E-state index in [-0.39, 0.29) is 12.2 Å². The number of allylic oxidation sites excluding steroid dienone is 3. The first kappa shape index (κ1) is 33.2. The van der Waals surface area contributed by atoms with Crippen molar-refractivity contribution in [2.75, 3.05) is 13.7 Å². The lowest BCUT2D eigenvalue weighted by Crippen LogP contribution is -2.31. The lowest BCUT2D eigenvalue weighted by molar-refractivity contribution is 0.249. The number of urea groups is 1. The fourth-order valence-corrected chi connectivity index (χ4v) is 6.45. The largest absolute Gasteiger partial charge is 0.493 e. The van der Waals surface area contributed by atoms with Gasteiger partial charge in [0.05, 0.1) is 35.7 Å². The van der Waals surface area contributed by atoms with Gasteiger partial charge in [0.15, 0.2) is 17.3 Å². The monoisotopic (exact) mass is 681 g/mol. The van der Waals surface area contributed by atoms with Gasteiger partial charge in [-0.05, 0) is 66.8 Å². The molecule has 4 aromatic carbocycles. The van der Waals surface area contributed by atoms with E-state index in [1.807, 2.05) is 54.6 Å². The Morgan fingerprint density at radius 2 is 1.80 bits per heavy atom. The molecule has 1 aliphatic carbocycles. The van der Waals surface area contributed by atoms with Crippen molar-refractivity contribution < 1.29 is 23.4 Å². The average Bonchev–Trinajstić information content (AvgIpc) is 3.14. The third kappa shape index (κ3) is 6.94. The van der Waals surface area contributed by atoms with Crippen LogP contribution < -0.4 is 25.4 Å². The maximum Gasteiger partial charge on any atom is 0.332 e. The van der Waals surface area contributed by atoms with Crippen LogP contribution in [0.4, 0.5) is 9.18 Å². The predicted octanol–water partition coefficient (Wildman–Crippen LogP) is 8.38. The molecule has 1 unspecified atom stereocenters. The van der Waals surface area contributed by atoms with Crippen molar-refractivity contribution in [1.29, 1.82) is 0 Å². The standard InChI is InChI=1S/C41H36FN5O4/c1-26-14-15-27(30-21-28-9-6-7-13-33(28)46-39(26)30)10-8-20-50-38-23-34-31(22-37(38)49-2)35(17-19-44-34)51-36-16-18-41(24-32(36)42,25-45-47-40(43)48)29-11-4-3-5-12-29/h3-7,9,11-19,21-23,25H,8,10,20,24H2,1-2H3,(H3,43,47,48). The van der Waals surface area contributed by atoms with Gasteiger partial charge in [-0.2, -0.15) is 5.10 Å². The summed E-state index contributed by atoms with van der Waals surface area (Å²) < 4.78 is 33.9. The minimum atomic E-state index is -0.964. The second kappa shape index (κ2) is 14.3. The third-order valence-electron chi connectivity index (χ3n) is 9.06. The number of para-hydroxylation sites is 1. The summed E-state index contributed by atoms with van der Waals surface area (Å²) in [5.74, 6) is 1.02. The lowest BCUT2D eigenvalue weighted by Gasteiger charge is -2.30. The second-order valence-electron chi connectivity index (χ2n) is 12.4. The molecule has 0 spiro atoms. The number of benzene rings is 4. The number of halogens is 1. The number of nitrogens with two attached hydrogens (primary N) is 1. The highest BCUT2D eigenvalue weighted by Gasteiger charge is 2.34. The fourth-order valence-electron chi connectivity index (χ4n) is 6.45. The molecule has 51 heavy (non-hydrogen) atoms. The molecule has 0 fully saturated rings. The number of carbonyl (C=O) groups excluding carboxylic acids is 1. The number of ether oxygens (including phenoxy) is 3. The van der Waals surface area contributed by atoms with Crippen LogP contribution in [-0.2, 0) is 11.8 Å². The van der Waals surface area contributed by atoms with Gasteiger partial charge in [0.1, 0.15) is 11.6 Å². The number of hydrogen-bond donors (Lipinski definition) is 2. The van der Waals surface area contributed by atoms with Crippen molar-refractivity contribution in [3.8, 4) is 17.2 Å². The number of hydrazone groups is 1. The zero-order valence-corrected chi connectivity index (χ0v) is 28.2. The van der Waals surface area contributed by atoms with E-state index in [1.165, 1.54) is 11.8 Å². The number of aromatic nitrogens is 2. The van der Waals surface area contributed by atoms with E-state index >= 15 is 4.39 Å². The Morgan fingerprint density at radius 1 is 0.980 bits per heavy atom. The van der Waals surface area contributed by atoms with Crippen LogP contribution in [0.25, 0.3) is 32.7 Å². The van der Waals surface area contributed by atoms with Gasteiger partial charge in [-0.1, -0.05) is 66.7 Å². The van der Waals surface area contributed by atoms with Crippen LogP contribution in [0.15, 0.2) is 126 Å². The Morgan fingerprint density at radius 3 is 2.61 bits per heavy atom. The molecule has 1 atom stereocenters. The zero-order valence-electron chi connectivity index (χ0n) is 28.2. The van der Waals surface area contributed by atoms with Crippen LogP contribution in [0, 0.1) is 6.92 Å². The smallest absolute Gasteiger partial charge is 0.332 e. The van der Waals surface area contributed by atoms with E-state index in [1.54, 1.807) is 37.6 Å². The summed E-state index contributed by atoms with van der Waals surface area (Å²) in [4.78, 5) is 20.7. The molecule has 2 amide bonds. The number of fused-ring (bicyclic) bond motifs is 3. The summed E-state index contributed by atoms with van der Waals surface area (Å²) >= 11 is 0. The fraction of sp³-hybridized carbons (Fsp3) is 0.171. The SMILES string of the molecule is COc1cc2c(OC3=C(F)CC(C=NNC(N)=O)(c4ccccc4)C=C3)ccnc2cc1OCCCc1ccc(C)c2nc3ccccc3cc12. The van der Waals surface area contributed by atoms with E-state index < -0.39 is 17.3 Å². The van der Waals surface area contributed by atoms with E-state index in [9.17, 15) is 4.79 Å². The summed E-state index contributed by atoms with van der Waals surface area (Å²) in [6, 6.07) is 28.5. The normalized spacial score (nSPS) is 15.9. The maximum absolute atomic E-state index is 15.8. The predicted molar refractivity (Wildman–Crippen MR) is 198 cm³/mol. The first-order valence-electron chi connectivity index (χ1n) is 16.6. The molecule has 7 rings (SSSR count). The summed E-state index contributed by atoms with van der Waals surface area (Å²) in [5, 5.41) is 6.86. The summed E-state index contributed by atoms with van der Waals surface area (Å²) in [6.07, 6.45) is 7.95. The Labute approximate surface area is 294 Å². The maximum atomic E-state index is 15.8. The van der Waals surface area contributed by atoms with Crippen molar-refractivity contribution in [3.63, 3.8) is 0 Å². The van der Waals surface area contributed by atoms with Crippen molar-refractivity contribution in [3.05, 3.63) is 138 Å². The number of pyridine rings is 2. The molecule has 3 N–H and O–H groups in total. The minimum absolute atomic E-state index is 0.0523. The van der Waals surface area contributed by atoms with Crippen LogP contribution >= 0.6 is 0 Å². The molecule has 0 radical (unpaired) electrons. The van der Waals surface area contributed by atoms with Gasteiger partial charge >= 0.3 is 6.03 Å². The number of methoxy groups -OCH3 is 1. The van der Waals surface area contributed by atoms with Gasteiger partial charge in [-0.3, -0.25) is 4.98 Å². The molecule has 2 aromatic heterocycles. The highest BCUT2D eigenvalue weighted by atomic mass is 19.1. The van der Waals surface area contributed by atoms with Crippen LogP contribution in [0.3, 0.4) is 0 Å². The van der Waals surface area contributed by atoms with E-state index in [0.717, 1.165) is 45.8 Å². The van der Waals surface area contributed by atoms with Crippen molar-refractivity contribution in [2.45, 2.75) is 31.6 Å². The molecular weight excluding hydrogens is 645 g/mol. The van der Waals surface area contributed by atoms with Crippen molar-refractivity contribution >= 4 is 45.0 Å². The van der Waals surface area contributed by atoms with Gasteiger partial charge in [-0.25, -0.2) is 19.6 Å². The minimum Gasteiger partial charge on any atom is -0.493 e. The molecule has 0 saturated carbocycles. The molecule has 6 aromatic rings. The zero-order chi connectivity index (χ0) is 35.4. The Hall–Kier alpha value is -6.29. The number of amides is 2. The lowest BCUT2D eigenvalue weighted by atomic mass is 9.76. The quantitative estimate of drug-likeness (QED) is 0.0614. The van der Waals surface area contributed by atoms with Gasteiger partial charge in [-0.15, -0.1) is 0 Å². The van der Waals surface area contributed by atoms with Gasteiger partial charge < -0.3 is 19.9 Å². The van der Waals surface area contributed by atoms with Gasteiger partial charge in [0.2, 0.25) is 0 Å². The molecule has 0 saturated heterocycles. The Balaban J connectivity index is 1.08. The Bertz CT molecular complexity index is 2360. The first-order valence-corrected chi connectivity index (χ1v) is 16.6. The molecule has 256 valence electrons. The number of nitrogens with one attached hydrogen (secondary N) is 1. The summed E-state index contributed by atoms with van der Waals surface area (Å²) in [5.41, 5.74) is 12.2. The van der Waals surface area contributed by atoms with Crippen LogP contribution in [0.5, 0.6) is 17.2 Å². The highest BCUT2D eigenvalue weighted by molar-refractivity contribution is 5.96. The number of primary amides is 1. The topological polar surface area (TPSA) is 121 Å². The number of aryl methyl sites for hydroxylation is 2. The number of hydrogen-bond acceptors (Lipinski definition) is 7. The Kier molecular flexibility index (Phi) is 9.30. The highest BCUT2D eigenvalue weighted by Crippen LogP contribution is 2.40. The summed E-state index contributed by atoms with van der Waals surface area (Å²) in [7, 11) is 1.57. The third-order valence-corrected chi connectivity index (χ3v) is 9.06. The molecule has 2 heterocycles. The average molecular weight is 682 g/mol. The number of rotatable bonds is 11. The molecule has 10 heteroatoms. The van der Waals surface area contributed by atoms with E-state index in [0.29, 0.717) is 34.8 Å². The van der Waals surface area contributed by atoms with E-state index in [2.05, 4.69) is 46.7 Å². The van der Waals surface area contributed by atoms with E-state index in [4.69, 9.17) is 24.9 Å². The second-order valence-corrected chi connectivity index (χ2v) is 12.4. The van der Waals surface area contributed by atoms with Crippen LogP contribution in [0.1, 0.15) is 29.5 Å². The summed E-state index contributed by atoms with van der Waals surface area (Å²) in [6.45, 7) is 2.55. The first-order chi connectivity index (χ1) is 24.8. The molecule has 9 nitrogen and oxygen atoms in total. The van der Waals surface area contributed by atoms with Crippen LogP contribution in [-0.4, -0.2) is 35.9 Å². The van der Waals surface area contributed by atoms with Gasteiger partial charge in [0.25, 0.3) is 0 Å². The van der Waals surface area contributed by atoms with Gasteiger partial charge in [0, 0.05) is 41.1 Å². The molecule has 0 aliphatic heterocycles. The van der Waals surface area contributed by atoms with Crippen LogP contribution in [0.2, 0.25) is 0 Å². The number of nitrogens with zero attached hydrogens (tertiary/aromatic N) is 3. The van der Waals surface area contributed by atoms with Crippen molar-refractivity contribution in [1.82, 2.24) is 15.4 Å². The molecule has 0 bridgehead atoms. The molecule has 1 aliphatic rings. The van der Waals surface area contributed by atoms with Crippen molar-refractivity contribution in [2.24, 2.45) is 10.8 Å².